The molecule has 6 rings (SSSR count). The number of carbonyl (C=O) groups is 3. The normalized spacial score (nSPS) is 14.5. The van der Waals surface area contributed by atoms with Crippen LogP contribution in [0.1, 0.15) is 53.1 Å². The molecule has 0 unspecified atom stereocenters. The van der Waals surface area contributed by atoms with Gasteiger partial charge in [-0.1, -0.05) is 24.3 Å². The van der Waals surface area contributed by atoms with Crippen LogP contribution in [-0.4, -0.2) is 46.0 Å². The maximum atomic E-state index is 13.8. The van der Waals surface area contributed by atoms with Crippen LogP contribution in [0.5, 0.6) is 5.75 Å². The number of nitrogens with one attached hydrogen (secondary N) is 3. The van der Waals surface area contributed by atoms with Crippen LogP contribution in [-0.2, 0) is 4.74 Å². The lowest BCUT2D eigenvalue weighted by atomic mass is 9.95. The number of aromatic amines is 1. The van der Waals surface area contributed by atoms with E-state index in [9.17, 15) is 19.5 Å². The van der Waals surface area contributed by atoms with Crippen molar-refractivity contribution in [3.63, 3.8) is 0 Å². The summed E-state index contributed by atoms with van der Waals surface area (Å²) in [5, 5.41) is 18.6. The first-order valence-electron chi connectivity index (χ1n) is 14.2. The Morgan fingerprint density at radius 1 is 0.955 bits per heavy atom. The zero-order valence-electron chi connectivity index (χ0n) is 24.4. The molecular formula is C34H31ClN4O5. The molecule has 4 N–H and O–H groups in total. The van der Waals surface area contributed by atoms with Gasteiger partial charge in [0.05, 0.1) is 5.69 Å². The fourth-order valence-corrected chi connectivity index (χ4v) is 5.80. The number of alkyl halides is 1. The number of halogens is 1. The number of phenolic OH excluding ortho intramolecular Hbond substituents is 1. The minimum absolute atomic E-state index is 0.0746. The van der Waals surface area contributed by atoms with E-state index in [0.29, 0.717) is 40.7 Å². The van der Waals surface area contributed by atoms with E-state index in [1.807, 2.05) is 24.3 Å². The number of aromatic hydroxyl groups is 1. The molecule has 5 aromatic rings. The summed E-state index contributed by atoms with van der Waals surface area (Å²) < 4.78 is 5.25. The minimum Gasteiger partial charge on any atom is -0.507 e. The molecule has 3 amide bonds. The lowest BCUT2D eigenvalue weighted by Gasteiger charge is -2.19. The van der Waals surface area contributed by atoms with Gasteiger partial charge < -0.3 is 25.0 Å². The van der Waals surface area contributed by atoms with E-state index in [2.05, 4.69) is 15.6 Å². The van der Waals surface area contributed by atoms with Crippen LogP contribution in [0.25, 0.3) is 21.7 Å². The predicted molar refractivity (Wildman–Crippen MR) is 173 cm³/mol. The fraction of sp³-hybridized carbons (Fsp3) is 0.206. The van der Waals surface area contributed by atoms with Gasteiger partial charge in [0.1, 0.15) is 17.0 Å². The highest BCUT2D eigenvalue weighted by Gasteiger charge is 2.35. The molecule has 10 heteroatoms. The van der Waals surface area contributed by atoms with Crippen molar-refractivity contribution in [1.82, 2.24) is 4.98 Å². The van der Waals surface area contributed by atoms with Crippen molar-refractivity contribution in [2.24, 2.45) is 0 Å². The molecule has 0 spiro atoms. The summed E-state index contributed by atoms with van der Waals surface area (Å²) in [5.74, 6) is -0.194. The van der Waals surface area contributed by atoms with Crippen molar-refractivity contribution in [1.29, 1.82) is 0 Å². The van der Waals surface area contributed by atoms with Gasteiger partial charge in [0.25, 0.3) is 11.8 Å². The van der Waals surface area contributed by atoms with Gasteiger partial charge in [0.2, 0.25) is 0 Å². The Morgan fingerprint density at radius 3 is 2.36 bits per heavy atom. The number of hydrogen-bond acceptors (Lipinski definition) is 5. The number of H-pyrrole nitrogens is 1. The lowest BCUT2D eigenvalue weighted by molar-refractivity contribution is 0.0635. The number of rotatable bonds is 5. The Bertz CT molecular complexity index is 1930. The number of phenols is 1. The van der Waals surface area contributed by atoms with Crippen molar-refractivity contribution in [2.45, 2.75) is 32.3 Å². The largest absolute Gasteiger partial charge is 0.507 e. The van der Waals surface area contributed by atoms with E-state index in [1.165, 1.54) is 0 Å². The summed E-state index contributed by atoms with van der Waals surface area (Å²) in [6.45, 7) is 5.73. The summed E-state index contributed by atoms with van der Waals surface area (Å²) in [5.41, 5.74) is 3.56. The SMILES string of the molecule is CC(C)(C)OC(=O)Nc1ccc(C(=O)Nc2ccc3[nH]c(C(=O)N4C[C@@H](CCl)c5c4cc(O)c4ccccc54)cc3c2)cc1. The Balaban J connectivity index is 1.19. The quantitative estimate of drug-likeness (QED) is 0.153. The maximum Gasteiger partial charge on any atom is 0.412 e. The number of aromatic nitrogens is 1. The van der Waals surface area contributed by atoms with E-state index in [0.717, 1.165) is 27.2 Å². The van der Waals surface area contributed by atoms with Gasteiger partial charge in [-0.2, -0.15) is 0 Å². The highest BCUT2D eigenvalue weighted by atomic mass is 35.5. The number of benzene rings is 4. The van der Waals surface area contributed by atoms with Gasteiger partial charge in [-0.25, -0.2) is 4.79 Å². The first-order chi connectivity index (χ1) is 21.0. The molecule has 1 aliphatic rings. The standard InChI is InChI=1S/C34H31ClN4O5/c1-34(2,3)44-33(43)37-22-10-8-19(9-11-22)31(41)36-23-12-13-26-20(14-23)15-27(38-26)32(42)39-18-21(17-35)30-25-7-5-4-6-24(25)29(40)16-28(30)39/h4-16,21,38,40H,17-18H2,1-3H3,(H,36,41)(H,37,43)/t21-/m1/s1. The second-order valence-corrected chi connectivity index (χ2v) is 12.1. The Hall–Kier alpha value is -5.02. The number of hydrogen-bond donors (Lipinski definition) is 4. The predicted octanol–water partition coefficient (Wildman–Crippen LogP) is 7.61. The van der Waals surface area contributed by atoms with Crippen LogP contribution in [0.3, 0.4) is 0 Å². The van der Waals surface area contributed by atoms with Crippen LogP contribution in [0, 0.1) is 0 Å². The summed E-state index contributed by atoms with van der Waals surface area (Å²) >= 11 is 6.34. The third kappa shape index (κ3) is 5.66. The van der Waals surface area contributed by atoms with Crippen molar-refractivity contribution in [3.05, 3.63) is 95.7 Å². The molecule has 0 saturated carbocycles. The number of carbonyl (C=O) groups excluding carboxylic acids is 3. The number of fused-ring (bicyclic) bond motifs is 4. The number of anilines is 3. The highest BCUT2D eigenvalue weighted by Crippen LogP contribution is 2.45. The molecule has 1 aliphatic heterocycles. The summed E-state index contributed by atoms with van der Waals surface area (Å²) in [6.07, 6.45) is -0.577. The van der Waals surface area contributed by atoms with Crippen LogP contribution in [0.15, 0.2) is 78.9 Å². The fourth-order valence-electron chi connectivity index (χ4n) is 5.55. The topological polar surface area (TPSA) is 124 Å². The van der Waals surface area contributed by atoms with Gasteiger partial charge in [-0.05, 0) is 80.3 Å². The van der Waals surface area contributed by atoms with Crippen molar-refractivity contribution < 1.29 is 24.2 Å². The molecular weight excluding hydrogens is 580 g/mol. The Kier molecular flexibility index (Phi) is 7.43. The molecule has 9 nitrogen and oxygen atoms in total. The van der Waals surface area contributed by atoms with Crippen molar-refractivity contribution >= 4 is 68.2 Å². The monoisotopic (exact) mass is 610 g/mol. The first-order valence-corrected chi connectivity index (χ1v) is 14.7. The van der Waals surface area contributed by atoms with Crippen molar-refractivity contribution in [2.75, 3.05) is 28.0 Å². The second kappa shape index (κ2) is 11.2. The molecule has 224 valence electrons. The smallest absolute Gasteiger partial charge is 0.412 e. The second-order valence-electron chi connectivity index (χ2n) is 11.8. The number of ether oxygens (including phenoxy) is 1. The van der Waals surface area contributed by atoms with E-state index in [4.69, 9.17) is 16.3 Å². The van der Waals surface area contributed by atoms with Gasteiger partial charge in [-0.15, -0.1) is 11.6 Å². The van der Waals surface area contributed by atoms with Gasteiger partial charge in [0.15, 0.2) is 0 Å². The molecule has 4 aromatic carbocycles. The van der Waals surface area contributed by atoms with E-state index in [1.54, 1.807) is 80.3 Å². The molecule has 2 heterocycles. The molecule has 1 aromatic heterocycles. The van der Waals surface area contributed by atoms with Crippen LogP contribution in [0.2, 0.25) is 0 Å². The highest BCUT2D eigenvalue weighted by molar-refractivity contribution is 6.19. The van der Waals surface area contributed by atoms with Crippen LogP contribution >= 0.6 is 11.6 Å². The first kappa shape index (κ1) is 29.1. The molecule has 0 bridgehead atoms. The number of amides is 3. The van der Waals surface area contributed by atoms with Crippen molar-refractivity contribution in [3.8, 4) is 5.75 Å². The molecule has 0 aliphatic carbocycles. The van der Waals surface area contributed by atoms with Crippen LogP contribution in [0.4, 0.5) is 21.9 Å². The summed E-state index contributed by atoms with van der Waals surface area (Å²) in [7, 11) is 0. The zero-order valence-corrected chi connectivity index (χ0v) is 25.2. The third-order valence-corrected chi connectivity index (χ3v) is 7.85. The average Bonchev–Trinajstić information content (AvgIpc) is 3.57. The molecule has 0 fully saturated rings. The van der Waals surface area contributed by atoms with E-state index in [-0.39, 0.29) is 23.5 Å². The summed E-state index contributed by atoms with van der Waals surface area (Å²) in [4.78, 5) is 43.5. The Labute approximate surface area is 258 Å². The zero-order chi connectivity index (χ0) is 31.2. The Morgan fingerprint density at radius 2 is 1.66 bits per heavy atom. The van der Waals surface area contributed by atoms with Gasteiger partial charge in [0, 0.05) is 57.6 Å². The number of nitrogens with zero attached hydrogens (tertiary/aromatic N) is 1. The van der Waals surface area contributed by atoms with E-state index < -0.39 is 11.7 Å². The molecule has 1 atom stereocenters. The average molecular weight is 611 g/mol. The molecule has 0 radical (unpaired) electrons. The van der Waals surface area contributed by atoms with Gasteiger partial charge >= 0.3 is 6.09 Å². The van der Waals surface area contributed by atoms with Crippen LogP contribution < -0.4 is 15.5 Å². The van der Waals surface area contributed by atoms with E-state index >= 15 is 0 Å². The molecule has 44 heavy (non-hydrogen) atoms. The third-order valence-electron chi connectivity index (χ3n) is 7.48. The lowest BCUT2D eigenvalue weighted by Crippen LogP contribution is -2.30. The van der Waals surface area contributed by atoms with Gasteiger partial charge in [-0.3, -0.25) is 14.9 Å². The minimum atomic E-state index is -0.620. The maximum absolute atomic E-state index is 13.8. The summed E-state index contributed by atoms with van der Waals surface area (Å²) in [6, 6.07) is 22.8. The molecule has 0 saturated heterocycles.